The first-order chi connectivity index (χ1) is 14.1. The van der Waals surface area contributed by atoms with Gasteiger partial charge in [0.1, 0.15) is 11.6 Å². The van der Waals surface area contributed by atoms with Crippen molar-refractivity contribution in [3.63, 3.8) is 0 Å². The Morgan fingerprint density at radius 2 is 1.86 bits per heavy atom. The molecule has 1 aromatic heterocycles. The van der Waals surface area contributed by atoms with E-state index in [-0.39, 0.29) is 5.91 Å². The minimum atomic E-state index is 0.242. The number of piperazine rings is 1. The molecule has 1 aromatic carbocycles. The Balaban J connectivity index is 1.26. The number of nitrogens with zero attached hydrogens (tertiary/aromatic N) is 5. The van der Waals surface area contributed by atoms with Crippen LogP contribution in [-0.4, -0.2) is 62.4 Å². The van der Waals surface area contributed by atoms with Crippen LogP contribution in [0.3, 0.4) is 0 Å². The van der Waals surface area contributed by atoms with Crippen LogP contribution in [0, 0.1) is 13.8 Å². The van der Waals surface area contributed by atoms with Gasteiger partial charge in [0.05, 0.1) is 12.3 Å². The summed E-state index contributed by atoms with van der Waals surface area (Å²) in [4.78, 5) is 18.3. The van der Waals surface area contributed by atoms with Crippen LogP contribution in [0.4, 0.5) is 0 Å². The first-order valence-electron chi connectivity index (χ1n) is 10.7. The van der Waals surface area contributed by atoms with Gasteiger partial charge in [0.2, 0.25) is 5.91 Å². The molecule has 2 aliphatic heterocycles. The van der Waals surface area contributed by atoms with E-state index in [1.54, 1.807) is 11.8 Å². The zero-order chi connectivity index (χ0) is 20.2. The lowest BCUT2D eigenvalue weighted by Crippen LogP contribution is -2.49. The number of fused-ring (bicyclic) bond motifs is 1. The first-order valence-corrected chi connectivity index (χ1v) is 11.7. The van der Waals surface area contributed by atoms with Gasteiger partial charge in [0, 0.05) is 44.0 Å². The molecule has 1 fully saturated rings. The van der Waals surface area contributed by atoms with Gasteiger partial charge in [-0.25, -0.2) is 0 Å². The molecule has 4 rings (SSSR count). The van der Waals surface area contributed by atoms with E-state index in [9.17, 15) is 4.79 Å². The number of hydrogen-bond acceptors (Lipinski definition) is 5. The van der Waals surface area contributed by atoms with Gasteiger partial charge in [-0.05, 0) is 38.3 Å². The molecular weight excluding hydrogens is 382 g/mol. The Hall–Kier alpha value is -1.86. The van der Waals surface area contributed by atoms with Gasteiger partial charge in [-0.3, -0.25) is 9.69 Å². The molecule has 2 aromatic rings. The predicted molar refractivity (Wildman–Crippen MR) is 116 cm³/mol. The van der Waals surface area contributed by atoms with Crippen LogP contribution in [0.5, 0.6) is 0 Å². The van der Waals surface area contributed by atoms with Crippen LogP contribution >= 0.6 is 11.8 Å². The highest BCUT2D eigenvalue weighted by Gasteiger charge is 2.23. The Kier molecular flexibility index (Phi) is 6.55. The molecule has 3 heterocycles. The highest BCUT2D eigenvalue weighted by atomic mass is 32.2. The maximum absolute atomic E-state index is 12.7. The highest BCUT2D eigenvalue weighted by molar-refractivity contribution is 8.00. The van der Waals surface area contributed by atoms with Crippen LogP contribution in [0.2, 0.25) is 0 Å². The number of amides is 1. The van der Waals surface area contributed by atoms with Gasteiger partial charge >= 0.3 is 0 Å². The molecule has 6 nitrogen and oxygen atoms in total. The lowest BCUT2D eigenvalue weighted by atomic mass is 10.2. The van der Waals surface area contributed by atoms with Crippen LogP contribution < -0.4 is 0 Å². The van der Waals surface area contributed by atoms with Crippen LogP contribution in [-0.2, 0) is 24.3 Å². The van der Waals surface area contributed by atoms with Crippen molar-refractivity contribution in [3.8, 4) is 0 Å². The van der Waals surface area contributed by atoms with Crippen LogP contribution in [0.25, 0.3) is 0 Å². The summed E-state index contributed by atoms with van der Waals surface area (Å²) in [6.45, 7) is 9.51. The third kappa shape index (κ3) is 5.01. The summed E-state index contributed by atoms with van der Waals surface area (Å²) in [5, 5.41) is 8.86. The second-order valence-corrected chi connectivity index (χ2v) is 9.23. The largest absolute Gasteiger partial charge is 0.339 e. The zero-order valence-corrected chi connectivity index (χ0v) is 18.4. The van der Waals surface area contributed by atoms with Crippen molar-refractivity contribution in [2.24, 2.45) is 0 Å². The minimum Gasteiger partial charge on any atom is -0.339 e. The summed E-state index contributed by atoms with van der Waals surface area (Å²) in [5.41, 5.74) is 2.51. The van der Waals surface area contributed by atoms with E-state index in [0.29, 0.717) is 5.75 Å². The van der Waals surface area contributed by atoms with Crippen LogP contribution in [0.1, 0.15) is 42.0 Å². The number of aryl methyl sites for hydroxylation is 3. The van der Waals surface area contributed by atoms with Gasteiger partial charge < -0.3 is 9.47 Å². The number of hydrogen-bond donors (Lipinski definition) is 0. The standard InChI is InChI=1S/C22H31N5OS/c1-17-7-8-19(18(2)14-17)29-16-22(28)26-12-10-25(11-13-26)15-21-24-23-20-6-4-3-5-9-27(20)21/h7-8,14H,3-6,9-13,15-16H2,1-2H3. The van der Waals surface area contributed by atoms with Crippen molar-refractivity contribution in [2.45, 2.75) is 57.5 Å². The van der Waals surface area contributed by atoms with Gasteiger partial charge in [-0.15, -0.1) is 22.0 Å². The number of rotatable bonds is 5. The molecule has 0 bridgehead atoms. The van der Waals surface area contributed by atoms with E-state index >= 15 is 0 Å². The summed E-state index contributed by atoms with van der Waals surface area (Å²) in [5.74, 6) is 2.99. The molecule has 0 aliphatic carbocycles. The summed E-state index contributed by atoms with van der Waals surface area (Å²) < 4.78 is 2.32. The van der Waals surface area contributed by atoms with E-state index in [4.69, 9.17) is 0 Å². The summed E-state index contributed by atoms with van der Waals surface area (Å²) in [6, 6.07) is 6.42. The molecule has 0 atom stereocenters. The van der Waals surface area contributed by atoms with Gasteiger partial charge in [0.25, 0.3) is 0 Å². The molecule has 2 aliphatic rings. The third-order valence-corrected chi connectivity index (χ3v) is 7.12. The normalized spacial score (nSPS) is 17.8. The molecule has 0 N–H and O–H groups in total. The molecule has 0 radical (unpaired) electrons. The molecule has 29 heavy (non-hydrogen) atoms. The second kappa shape index (κ2) is 9.30. The van der Waals surface area contributed by atoms with Crippen molar-refractivity contribution < 1.29 is 4.79 Å². The fraction of sp³-hybridized carbons (Fsp3) is 0.591. The van der Waals surface area contributed by atoms with E-state index in [1.165, 1.54) is 35.3 Å². The fourth-order valence-electron chi connectivity index (χ4n) is 4.21. The molecule has 0 saturated carbocycles. The van der Waals surface area contributed by atoms with Crippen molar-refractivity contribution in [3.05, 3.63) is 41.0 Å². The molecule has 1 amide bonds. The summed E-state index contributed by atoms with van der Waals surface area (Å²) >= 11 is 1.65. The maximum Gasteiger partial charge on any atom is 0.233 e. The summed E-state index contributed by atoms with van der Waals surface area (Å²) in [7, 11) is 0. The Morgan fingerprint density at radius 1 is 1.03 bits per heavy atom. The average Bonchev–Trinajstić information content (AvgIpc) is 2.94. The zero-order valence-electron chi connectivity index (χ0n) is 17.6. The molecule has 1 saturated heterocycles. The number of aromatic nitrogens is 3. The lowest BCUT2D eigenvalue weighted by molar-refractivity contribution is -0.130. The monoisotopic (exact) mass is 413 g/mol. The Bertz CT molecular complexity index is 857. The molecular formula is C22H31N5OS. The van der Waals surface area contributed by atoms with Crippen molar-refractivity contribution in [2.75, 3.05) is 31.9 Å². The second-order valence-electron chi connectivity index (χ2n) is 8.21. The van der Waals surface area contributed by atoms with Crippen molar-refractivity contribution in [1.82, 2.24) is 24.6 Å². The first kappa shape index (κ1) is 20.4. The fourth-order valence-corrected chi connectivity index (χ4v) is 5.12. The van der Waals surface area contributed by atoms with Gasteiger partial charge in [-0.2, -0.15) is 0 Å². The number of benzene rings is 1. The highest BCUT2D eigenvalue weighted by Crippen LogP contribution is 2.24. The Morgan fingerprint density at radius 3 is 2.66 bits per heavy atom. The molecule has 0 unspecified atom stereocenters. The maximum atomic E-state index is 12.7. The quantitative estimate of drug-likeness (QED) is 0.705. The van der Waals surface area contributed by atoms with Crippen LogP contribution in [0.15, 0.2) is 23.1 Å². The van der Waals surface area contributed by atoms with Crippen molar-refractivity contribution >= 4 is 17.7 Å². The SMILES string of the molecule is Cc1ccc(SCC(=O)N2CCN(Cc3nnc4n3CCCCC4)CC2)c(C)c1. The topological polar surface area (TPSA) is 54.3 Å². The summed E-state index contributed by atoms with van der Waals surface area (Å²) in [6.07, 6.45) is 4.77. The van der Waals surface area contributed by atoms with E-state index < -0.39 is 0 Å². The van der Waals surface area contributed by atoms with E-state index in [1.807, 2.05) is 4.90 Å². The van der Waals surface area contributed by atoms with Gasteiger partial charge in [0.15, 0.2) is 0 Å². The molecule has 0 spiro atoms. The Labute approximate surface area is 177 Å². The molecule has 156 valence electrons. The van der Waals surface area contributed by atoms with E-state index in [0.717, 1.165) is 57.3 Å². The number of carbonyl (C=O) groups is 1. The van der Waals surface area contributed by atoms with Crippen molar-refractivity contribution in [1.29, 1.82) is 0 Å². The number of thioether (sulfide) groups is 1. The lowest BCUT2D eigenvalue weighted by Gasteiger charge is -2.34. The average molecular weight is 414 g/mol. The van der Waals surface area contributed by atoms with Gasteiger partial charge in [-0.1, -0.05) is 24.1 Å². The predicted octanol–water partition coefficient (Wildman–Crippen LogP) is 3.06. The van der Waals surface area contributed by atoms with E-state index in [2.05, 4.69) is 51.7 Å². The molecule has 7 heteroatoms. The number of carbonyl (C=O) groups excluding carboxylic acids is 1. The smallest absolute Gasteiger partial charge is 0.233 e. The third-order valence-electron chi connectivity index (χ3n) is 5.96. The minimum absolute atomic E-state index is 0.242.